The number of nitrogens with zero attached hydrogens (tertiary/aromatic N) is 3. The SMILES string of the molecule is CN(C)c1ccc2cn(-c3ccc4c(ccn4C)c3)c(O)c2c1. The lowest BCUT2D eigenvalue weighted by Crippen LogP contribution is -2.07. The zero-order valence-corrected chi connectivity index (χ0v) is 13.5. The summed E-state index contributed by atoms with van der Waals surface area (Å²) in [6.45, 7) is 0. The quantitative estimate of drug-likeness (QED) is 0.609. The van der Waals surface area contributed by atoms with E-state index < -0.39 is 0 Å². The van der Waals surface area contributed by atoms with Crippen molar-refractivity contribution in [1.82, 2.24) is 9.13 Å². The van der Waals surface area contributed by atoms with Crippen LogP contribution in [0.2, 0.25) is 0 Å². The van der Waals surface area contributed by atoms with Gasteiger partial charge < -0.3 is 14.6 Å². The molecule has 0 atom stereocenters. The van der Waals surface area contributed by atoms with Crippen molar-refractivity contribution < 1.29 is 5.11 Å². The first-order valence-corrected chi connectivity index (χ1v) is 7.61. The second-order valence-corrected chi connectivity index (χ2v) is 6.16. The zero-order valence-electron chi connectivity index (χ0n) is 13.5. The maximum Gasteiger partial charge on any atom is 0.203 e. The van der Waals surface area contributed by atoms with Crippen LogP contribution >= 0.6 is 0 Å². The lowest BCUT2D eigenvalue weighted by Gasteiger charge is -2.11. The fourth-order valence-corrected chi connectivity index (χ4v) is 3.07. The Kier molecular flexibility index (Phi) is 2.88. The van der Waals surface area contributed by atoms with Crippen LogP contribution in [0.15, 0.2) is 54.9 Å². The highest BCUT2D eigenvalue weighted by Crippen LogP contribution is 2.33. The van der Waals surface area contributed by atoms with Crippen LogP contribution in [0.1, 0.15) is 0 Å². The first-order chi connectivity index (χ1) is 11.0. The highest BCUT2D eigenvalue weighted by atomic mass is 16.3. The summed E-state index contributed by atoms with van der Waals surface area (Å²) in [5.74, 6) is 0.277. The molecule has 4 aromatic rings. The van der Waals surface area contributed by atoms with E-state index in [2.05, 4.69) is 28.8 Å². The predicted molar refractivity (Wildman–Crippen MR) is 95.7 cm³/mol. The summed E-state index contributed by atoms with van der Waals surface area (Å²) < 4.78 is 3.94. The van der Waals surface area contributed by atoms with Gasteiger partial charge >= 0.3 is 0 Å². The van der Waals surface area contributed by atoms with Crippen LogP contribution in [0.5, 0.6) is 5.88 Å². The predicted octanol–water partition coefficient (Wildman–Crippen LogP) is 3.89. The molecule has 2 aromatic carbocycles. The second kappa shape index (κ2) is 4.81. The minimum atomic E-state index is 0.277. The summed E-state index contributed by atoms with van der Waals surface area (Å²) in [5, 5.41) is 13.7. The summed E-state index contributed by atoms with van der Waals surface area (Å²) in [4.78, 5) is 2.03. The van der Waals surface area contributed by atoms with Crippen molar-refractivity contribution in [1.29, 1.82) is 0 Å². The number of aryl methyl sites for hydroxylation is 1. The van der Waals surface area contributed by atoms with Crippen molar-refractivity contribution in [3.05, 3.63) is 54.9 Å². The van der Waals surface area contributed by atoms with Crippen molar-refractivity contribution in [2.45, 2.75) is 0 Å². The van der Waals surface area contributed by atoms with Crippen molar-refractivity contribution in [2.24, 2.45) is 7.05 Å². The highest BCUT2D eigenvalue weighted by Gasteiger charge is 2.11. The van der Waals surface area contributed by atoms with Gasteiger partial charge in [-0.15, -0.1) is 0 Å². The lowest BCUT2D eigenvalue weighted by molar-refractivity contribution is 0.448. The topological polar surface area (TPSA) is 33.3 Å². The first-order valence-electron chi connectivity index (χ1n) is 7.61. The molecule has 116 valence electrons. The molecule has 23 heavy (non-hydrogen) atoms. The Balaban J connectivity index is 1.91. The molecule has 0 aliphatic carbocycles. The van der Waals surface area contributed by atoms with Crippen molar-refractivity contribution >= 4 is 27.4 Å². The molecule has 0 unspecified atom stereocenters. The van der Waals surface area contributed by atoms with Gasteiger partial charge in [-0.25, -0.2) is 0 Å². The van der Waals surface area contributed by atoms with Gasteiger partial charge in [0.2, 0.25) is 5.88 Å². The fourth-order valence-electron chi connectivity index (χ4n) is 3.07. The van der Waals surface area contributed by atoms with Crippen molar-refractivity contribution in [3.63, 3.8) is 0 Å². The molecule has 2 heterocycles. The molecular weight excluding hydrogens is 286 g/mol. The normalized spacial score (nSPS) is 11.4. The molecule has 0 fully saturated rings. The minimum Gasteiger partial charge on any atom is -0.494 e. The molecule has 0 aliphatic heterocycles. The van der Waals surface area contributed by atoms with Gasteiger partial charge in [0, 0.05) is 66.6 Å². The largest absolute Gasteiger partial charge is 0.494 e. The van der Waals surface area contributed by atoms with E-state index in [0.29, 0.717) is 0 Å². The van der Waals surface area contributed by atoms with Gasteiger partial charge in [-0.2, -0.15) is 0 Å². The molecule has 0 amide bonds. The number of aromatic hydroxyl groups is 1. The molecule has 1 N–H and O–H groups in total. The van der Waals surface area contributed by atoms with E-state index in [1.54, 1.807) is 0 Å². The molecule has 4 nitrogen and oxygen atoms in total. The monoisotopic (exact) mass is 305 g/mol. The number of fused-ring (bicyclic) bond motifs is 2. The third-order valence-corrected chi connectivity index (χ3v) is 4.44. The van der Waals surface area contributed by atoms with Gasteiger partial charge in [-0.3, -0.25) is 4.57 Å². The molecule has 0 aliphatic rings. The highest BCUT2D eigenvalue weighted by molar-refractivity contribution is 5.92. The van der Waals surface area contributed by atoms with Gasteiger partial charge in [-0.1, -0.05) is 6.07 Å². The Morgan fingerprint density at radius 2 is 1.78 bits per heavy atom. The van der Waals surface area contributed by atoms with Gasteiger partial charge in [0.25, 0.3) is 0 Å². The van der Waals surface area contributed by atoms with E-state index in [1.165, 1.54) is 5.52 Å². The van der Waals surface area contributed by atoms with Gasteiger partial charge in [-0.05, 0) is 36.4 Å². The van der Waals surface area contributed by atoms with Crippen LogP contribution < -0.4 is 4.90 Å². The summed E-state index contributed by atoms with van der Waals surface area (Å²) in [7, 11) is 6.03. The van der Waals surface area contributed by atoms with E-state index in [0.717, 1.165) is 27.5 Å². The van der Waals surface area contributed by atoms with E-state index in [-0.39, 0.29) is 5.88 Å². The Morgan fingerprint density at radius 3 is 2.57 bits per heavy atom. The molecule has 0 saturated carbocycles. The van der Waals surface area contributed by atoms with Crippen molar-refractivity contribution in [2.75, 3.05) is 19.0 Å². The standard InChI is InChI=1S/C19H19N3O/c1-20(2)15-5-4-14-12-22(19(23)17(14)11-15)16-6-7-18-13(10-16)8-9-21(18)3/h4-12,23H,1-3H3. The van der Waals surface area contributed by atoms with Crippen LogP contribution in [-0.4, -0.2) is 28.3 Å². The average molecular weight is 305 g/mol. The van der Waals surface area contributed by atoms with Crippen molar-refractivity contribution in [3.8, 4) is 11.6 Å². The third-order valence-electron chi connectivity index (χ3n) is 4.44. The van der Waals surface area contributed by atoms with Gasteiger partial charge in [0.15, 0.2) is 0 Å². The van der Waals surface area contributed by atoms with Crippen LogP contribution in [0.3, 0.4) is 0 Å². The van der Waals surface area contributed by atoms with Crippen LogP contribution in [0, 0.1) is 0 Å². The fraction of sp³-hybridized carbons (Fsp3) is 0.158. The average Bonchev–Trinajstić information content (AvgIpc) is 3.08. The maximum atomic E-state index is 10.7. The zero-order chi connectivity index (χ0) is 16.1. The van der Waals surface area contributed by atoms with Gasteiger partial charge in [0.05, 0.1) is 0 Å². The number of hydrogen-bond donors (Lipinski definition) is 1. The number of aromatic nitrogens is 2. The molecule has 0 bridgehead atoms. The molecule has 2 aromatic heterocycles. The van der Waals surface area contributed by atoms with E-state index in [4.69, 9.17) is 0 Å². The van der Waals surface area contributed by atoms with Crippen LogP contribution in [-0.2, 0) is 7.05 Å². The molecule has 0 radical (unpaired) electrons. The first kappa shape index (κ1) is 13.8. The molecular formula is C19H19N3O. The lowest BCUT2D eigenvalue weighted by atomic mass is 10.2. The molecule has 4 rings (SSSR count). The Morgan fingerprint density at radius 1 is 0.957 bits per heavy atom. The Hall–Kier alpha value is -2.88. The smallest absolute Gasteiger partial charge is 0.203 e. The Labute approximate surface area is 134 Å². The maximum absolute atomic E-state index is 10.7. The van der Waals surface area contributed by atoms with E-state index in [1.807, 2.05) is 61.2 Å². The second-order valence-electron chi connectivity index (χ2n) is 6.16. The summed E-state index contributed by atoms with van der Waals surface area (Å²) in [6, 6.07) is 14.4. The molecule has 4 heteroatoms. The number of hydrogen-bond acceptors (Lipinski definition) is 2. The van der Waals surface area contributed by atoms with Crippen LogP contribution in [0.4, 0.5) is 5.69 Å². The summed E-state index contributed by atoms with van der Waals surface area (Å²) in [5.41, 5.74) is 3.22. The van der Waals surface area contributed by atoms with E-state index >= 15 is 0 Å². The van der Waals surface area contributed by atoms with Crippen LogP contribution in [0.25, 0.3) is 27.4 Å². The summed E-state index contributed by atoms with van der Waals surface area (Å²) in [6.07, 6.45) is 4.03. The minimum absolute atomic E-state index is 0.277. The van der Waals surface area contributed by atoms with Gasteiger partial charge in [0.1, 0.15) is 0 Å². The molecule has 0 spiro atoms. The molecule has 0 saturated heterocycles. The number of rotatable bonds is 2. The Bertz CT molecular complexity index is 1020. The number of anilines is 1. The summed E-state index contributed by atoms with van der Waals surface area (Å²) >= 11 is 0. The third kappa shape index (κ3) is 2.06. The number of benzene rings is 2. The van der Waals surface area contributed by atoms with E-state index in [9.17, 15) is 5.11 Å².